The number of aliphatic carboxylic acids is 1. The monoisotopic (exact) mass is 564 g/mol. The lowest BCUT2D eigenvalue weighted by Crippen LogP contribution is -2.44. The maximum absolute atomic E-state index is 12.8. The number of carboxylic acid groups (broad SMARTS) is 1. The van der Waals surface area contributed by atoms with Gasteiger partial charge in [0, 0.05) is 22.4 Å². The van der Waals surface area contributed by atoms with E-state index in [1.54, 1.807) is 38.1 Å². The van der Waals surface area contributed by atoms with Gasteiger partial charge in [-0.25, -0.2) is 13.4 Å². The third kappa shape index (κ3) is 5.04. The van der Waals surface area contributed by atoms with Gasteiger partial charge < -0.3 is 14.3 Å². The second kappa shape index (κ2) is 9.26. The van der Waals surface area contributed by atoms with Gasteiger partial charge in [0.05, 0.1) is 15.1 Å². The fourth-order valence-corrected chi connectivity index (χ4v) is 6.33. The van der Waals surface area contributed by atoms with Crippen molar-refractivity contribution in [3.8, 4) is 16.3 Å². The van der Waals surface area contributed by atoms with E-state index in [2.05, 4.69) is 14.4 Å². The van der Waals surface area contributed by atoms with Gasteiger partial charge in [-0.15, -0.1) is 24.5 Å². The quantitative estimate of drug-likeness (QED) is 0.243. The Morgan fingerprint density at radius 1 is 1.05 bits per heavy atom. The molecule has 198 valence electrons. The lowest BCUT2D eigenvalue weighted by molar-refractivity contribution is -0.274. The predicted molar refractivity (Wildman–Crippen MR) is 136 cm³/mol. The minimum atomic E-state index is -4.80. The van der Waals surface area contributed by atoms with Crippen LogP contribution in [0, 0.1) is 5.92 Å². The molecule has 0 aliphatic heterocycles. The number of hydrogen-bond donors (Lipinski definition) is 2. The average Bonchev–Trinajstić information content (AvgIpc) is 3.41. The molecule has 2 N–H and O–H groups in total. The Balaban J connectivity index is 1.50. The molecule has 0 saturated heterocycles. The number of sulfonamides is 1. The number of nitrogens with zero attached hydrogens (tertiary/aromatic N) is 1. The van der Waals surface area contributed by atoms with Crippen molar-refractivity contribution >= 4 is 59.5 Å². The molecular formula is C25H19F3N2O6S2. The fraction of sp³-hybridized carbons (Fsp3) is 0.200. The summed E-state index contributed by atoms with van der Waals surface area (Å²) < 4.78 is 75.9. The molecule has 1 atom stereocenters. The van der Waals surface area contributed by atoms with E-state index in [1.165, 1.54) is 41.7 Å². The Kier molecular flexibility index (Phi) is 6.32. The number of rotatable bonds is 7. The van der Waals surface area contributed by atoms with Crippen LogP contribution in [0.25, 0.3) is 42.7 Å². The summed E-state index contributed by atoms with van der Waals surface area (Å²) >= 11 is 1.20. The van der Waals surface area contributed by atoms with Crippen LogP contribution in [0.5, 0.6) is 5.75 Å². The number of furan rings is 1. The smallest absolute Gasteiger partial charge is 0.480 e. The maximum atomic E-state index is 12.8. The van der Waals surface area contributed by atoms with Crippen LogP contribution in [0.15, 0.2) is 63.9 Å². The summed E-state index contributed by atoms with van der Waals surface area (Å²) in [5, 5.41) is 11.2. The van der Waals surface area contributed by atoms with Gasteiger partial charge in [0.1, 0.15) is 28.0 Å². The topological polar surface area (TPSA) is 119 Å². The lowest BCUT2D eigenvalue weighted by atomic mass is 10.1. The molecule has 0 bridgehead atoms. The van der Waals surface area contributed by atoms with E-state index in [-0.39, 0.29) is 16.2 Å². The van der Waals surface area contributed by atoms with Gasteiger partial charge in [-0.3, -0.25) is 4.79 Å². The predicted octanol–water partition coefficient (Wildman–Crippen LogP) is 6.15. The summed E-state index contributed by atoms with van der Waals surface area (Å²) in [7, 11) is -4.14. The summed E-state index contributed by atoms with van der Waals surface area (Å²) in [5.41, 5.74) is 1.98. The molecule has 13 heteroatoms. The highest BCUT2D eigenvalue weighted by Crippen LogP contribution is 2.37. The zero-order valence-electron chi connectivity index (χ0n) is 19.7. The first-order valence-electron chi connectivity index (χ1n) is 11.2. The van der Waals surface area contributed by atoms with Gasteiger partial charge in [0.15, 0.2) is 0 Å². The number of fused-ring (bicyclic) bond motifs is 4. The molecule has 0 fully saturated rings. The first-order valence-corrected chi connectivity index (χ1v) is 13.5. The van der Waals surface area contributed by atoms with Crippen LogP contribution in [-0.2, 0) is 14.8 Å². The molecule has 8 nitrogen and oxygen atoms in total. The van der Waals surface area contributed by atoms with Crippen molar-refractivity contribution in [2.45, 2.75) is 31.1 Å². The lowest BCUT2D eigenvalue weighted by Gasteiger charge is -2.17. The summed E-state index contributed by atoms with van der Waals surface area (Å²) in [6.45, 7) is 3.20. The van der Waals surface area contributed by atoms with Gasteiger partial charge in [0.2, 0.25) is 10.0 Å². The van der Waals surface area contributed by atoms with Crippen LogP contribution < -0.4 is 9.46 Å². The molecule has 3 aromatic carbocycles. The van der Waals surface area contributed by atoms with E-state index in [0.29, 0.717) is 37.1 Å². The molecule has 5 aromatic rings. The number of nitrogens with one attached hydrogen (secondary N) is 1. The van der Waals surface area contributed by atoms with Crippen LogP contribution in [0.2, 0.25) is 0 Å². The van der Waals surface area contributed by atoms with Crippen molar-refractivity contribution in [2.75, 3.05) is 0 Å². The van der Waals surface area contributed by atoms with Crippen molar-refractivity contribution in [3.05, 3.63) is 54.6 Å². The highest BCUT2D eigenvalue weighted by molar-refractivity contribution is 7.89. The molecule has 0 saturated carbocycles. The zero-order valence-corrected chi connectivity index (χ0v) is 21.4. The number of carbonyl (C=O) groups is 1. The number of thiazole rings is 1. The second-order valence-electron chi connectivity index (χ2n) is 8.85. The molecule has 5 rings (SSSR count). The number of alkyl halides is 3. The molecule has 2 heterocycles. The third-order valence-corrected chi connectivity index (χ3v) is 8.31. The van der Waals surface area contributed by atoms with Crippen molar-refractivity contribution in [1.29, 1.82) is 0 Å². The highest BCUT2D eigenvalue weighted by atomic mass is 32.2. The van der Waals surface area contributed by atoms with E-state index in [9.17, 15) is 31.5 Å². The Morgan fingerprint density at radius 3 is 2.50 bits per heavy atom. The van der Waals surface area contributed by atoms with E-state index in [0.717, 1.165) is 0 Å². The minimum absolute atomic E-state index is 0.140. The van der Waals surface area contributed by atoms with Crippen molar-refractivity contribution in [2.24, 2.45) is 5.92 Å². The molecule has 38 heavy (non-hydrogen) atoms. The highest BCUT2D eigenvalue weighted by Gasteiger charge is 2.31. The van der Waals surface area contributed by atoms with Crippen LogP contribution in [0.3, 0.4) is 0 Å². The van der Waals surface area contributed by atoms with Crippen molar-refractivity contribution < 1.29 is 40.6 Å². The summed E-state index contributed by atoms with van der Waals surface area (Å²) in [5.74, 6) is -2.08. The first kappa shape index (κ1) is 25.9. The Hall–Kier alpha value is -3.68. The number of aromatic nitrogens is 1. The third-order valence-electron chi connectivity index (χ3n) is 5.81. The van der Waals surface area contributed by atoms with E-state index < -0.39 is 34.3 Å². The fourth-order valence-electron chi connectivity index (χ4n) is 3.99. The maximum Gasteiger partial charge on any atom is 0.573 e. The van der Waals surface area contributed by atoms with Crippen LogP contribution >= 0.6 is 11.3 Å². The van der Waals surface area contributed by atoms with Gasteiger partial charge in [-0.1, -0.05) is 13.8 Å². The molecule has 0 aliphatic carbocycles. The van der Waals surface area contributed by atoms with E-state index in [1.807, 2.05) is 0 Å². The van der Waals surface area contributed by atoms with Crippen LogP contribution in [0.1, 0.15) is 13.8 Å². The standard InChI is InChI=1S/C25H19F3N2O6S2/c1-12(2)22(24(31)32)30-38(33,34)15-5-6-16-17-9-13(3-8-19(17)35-20(16)11-15)23-29-18-7-4-14(10-21(18)37-23)36-25(26,27)28/h3-12,22,30H,1-2H3,(H,31,32)/t22-/m0/s1. The number of halogens is 3. The molecule has 0 amide bonds. The Morgan fingerprint density at radius 2 is 1.82 bits per heavy atom. The van der Waals surface area contributed by atoms with Gasteiger partial charge >= 0.3 is 12.3 Å². The van der Waals surface area contributed by atoms with Gasteiger partial charge in [-0.05, 0) is 54.4 Å². The molecule has 0 spiro atoms. The number of benzene rings is 3. The first-order chi connectivity index (χ1) is 17.8. The second-order valence-corrected chi connectivity index (χ2v) is 11.6. The van der Waals surface area contributed by atoms with Crippen molar-refractivity contribution in [3.63, 3.8) is 0 Å². The largest absolute Gasteiger partial charge is 0.573 e. The minimum Gasteiger partial charge on any atom is -0.480 e. The van der Waals surface area contributed by atoms with Crippen LogP contribution in [-0.4, -0.2) is 36.9 Å². The Bertz CT molecular complexity index is 1810. The van der Waals surface area contributed by atoms with Gasteiger partial charge in [-0.2, -0.15) is 4.72 Å². The molecule has 0 radical (unpaired) electrons. The van der Waals surface area contributed by atoms with E-state index >= 15 is 0 Å². The van der Waals surface area contributed by atoms with Gasteiger partial charge in [0.25, 0.3) is 0 Å². The summed E-state index contributed by atoms with van der Waals surface area (Å²) in [4.78, 5) is 15.8. The SMILES string of the molecule is CC(C)[C@H](NS(=O)(=O)c1ccc2c(c1)oc1ccc(-c3nc4ccc(OC(F)(F)F)cc4s3)cc12)C(=O)O. The van der Waals surface area contributed by atoms with Crippen LogP contribution in [0.4, 0.5) is 13.2 Å². The number of carboxylic acids is 1. The molecule has 2 aromatic heterocycles. The number of ether oxygens (including phenoxy) is 1. The average molecular weight is 565 g/mol. The molecular weight excluding hydrogens is 545 g/mol. The molecule has 0 unspecified atom stereocenters. The zero-order chi connectivity index (χ0) is 27.4. The Labute approximate surface area is 217 Å². The normalized spacial score (nSPS) is 13.5. The summed E-state index contributed by atoms with van der Waals surface area (Å²) in [6, 6.07) is 12.1. The molecule has 0 aliphatic rings. The van der Waals surface area contributed by atoms with E-state index in [4.69, 9.17) is 4.42 Å². The van der Waals surface area contributed by atoms with Crippen molar-refractivity contribution in [1.82, 2.24) is 9.71 Å². The summed E-state index contributed by atoms with van der Waals surface area (Å²) in [6.07, 6.45) is -4.80. The number of hydrogen-bond acceptors (Lipinski definition) is 7.